The van der Waals surface area contributed by atoms with Gasteiger partial charge in [-0.15, -0.1) is 0 Å². The van der Waals surface area contributed by atoms with Gasteiger partial charge in [-0.2, -0.15) is 5.10 Å². The second kappa shape index (κ2) is 30.5. The van der Waals surface area contributed by atoms with Crippen molar-refractivity contribution in [3.05, 3.63) is 96.6 Å². The van der Waals surface area contributed by atoms with Crippen molar-refractivity contribution in [3.8, 4) is 0 Å². The maximum absolute atomic E-state index is 10.1. The van der Waals surface area contributed by atoms with Crippen LogP contribution in [0, 0.1) is 11.8 Å². The van der Waals surface area contributed by atoms with E-state index in [0.29, 0.717) is 11.7 Å². The average Bonchev–Trinajstić information content (AvgIpc) is 3.58. The minimum atomic E-state index is -0.931. The number of aromatic nitrogens is 4. The van der Waals surface area contributed by atoms with E-state index >= 15 is 0 Å². The molecule has 0 radical (unpaired) electrons. The quantitative estimate of drug-likeness (QED) is 0.0350. The molecule has 0 atom stereocenters. The molecule has 6 heterocycles. The van der Waals surface area contributed by atoms with Crippen molar-refractivity contribution in [2.45, 2.75) is 93.9 Å². The Hall–Kier alpha value is -2.50. The van der Waals surface area contributed by atoms with Gasteiger partial charge in [0.25, 0.3) is 0 Å². The van der Waals surface area contributed by atoms with Gasteiger partial charge in [0.05, 0.1) is 24.2 Å². The number of alkyl halides is 1. The number of halogens is 4. The summed E-state index contributed by atoms with van der Waals surface area (Å²) < 4.78 is 2.08. The molecule has 4 aromatic heterocycles. The molecule has 2 aliphatic heterocycles. The molecule has 0 saturated carbocycles. The summed E-state index contributed by atoms with van der Waals surface area (Å²) in [5.41, 5.74) is 11.5. The third kappa shape index (κ3) is 20.2. The molecule has 2 aliphatic rings. The van der Waals surface area contributed by atoms with Crippen LogP contribution in [0.25, 0.3) is 0 Å². The fourth-order valence-electron chi connectivity index (χ4n) is 4.34. The minimum absolute atomic E-state index is 0. The summed E-state index contributed by atoms with van der Waals surface area (Å²) in [4.78, 5) is 33.3. The number of carbonyl (C=O) groups excluding carboxylic acids is 1. The topological polar surface area (TPSA) is 147 Å². The number of carbonyl (C=O) groups is 1. The van der Waals surface area contributed by atoms with Crippen LogP contribution in [0.15, 0.2) is 101 Å². The Morgan fingerprint density at radius 2 is 1.24 bits per heavy atom. The third-order valence-corrected chi connectivity index (χ3v) is 9.11. The van der Waals surface area contributed by atoms with Gasteiger partial charge in [0.1, 0.15) is 23.1 Å². The summed E-state index contributed by atoms with van der Waals surface area (Å²) in [5.74, 6) is 9.44. The summed E-state index contributed by atoms with van der Waals surface area (Å²) in [5, 5.41) is 4.20. The molecule has 0 amide bonds. The zero-order chi connectivity index (χ0) is 43.8. The van der Waals surface area contributed by atoms with Crippen molar-refractivity contribution in [1.29, 1.82) is 0 Å². The predicted octanol–water partition coefficient (Wildman–Crippen LogP) is 7.92. The van der Waals surface area contributed by atoms with Crippen molar-refractivity contribution in [2.75, 3.05) is 15.8 Å². The van der Waals surface area contributed by atoms with Crippen LogP contribution in [0.5, 0.6) is 0 Å². The number of ketones is 1. The van der Waals surface area contributed by atoms with Crippen LogP contribution in [-0.4, -0.2) is 42.8 Å². The number of nitrogen functional groups attached to an aromatic ring is 1. The van der Waals surface area contributed by atoms with Crippen LogP contribution >= 0.6 is 42.0 Å². The Kier molecular flexibility index (Phi) is 30.3. The fraction of sp³-hybridized carbons (Fsp3) is 0.429. The van der Waals surface area contributed by atoms with Gasteiger partial charge in [-0.1, -0.05) is 82.3 Å². The zero-order valence-electron chi connectivity index (χ0n) is 36.6. The Morgan fingerprint density at radius 3 is 1.66 bits per heavy atom. The third-order valence-electron chi connectivity index (χ3n) is 9.11. The van der Waals surface area contributed by atoms with Gasteiger partial charge in [-0.25, -0.2) is 30.4 Å². The largest absolute Gasteiger partial charge is 1.00 e. The number of anilines is 2. The average molecular weight is 1110 g/mol. The number of nitrogens with one attached hydrogen (secondary N) is 2. The molecule has 316 valence electrons. The normalized spacial score (nSPS) is 13.1. The van der Waals surface area contributed by atoms with E-state index < -0.39 is 15.1 Å². The Labute approximate surface area is 394 Å². The summed E-state index contributed by atoms with van der Waals surface area (Å²) >= 11 is 1.22. The van der Waals surface area contributed by atoms with E-state index in [4.69, 9.17) is 25.2 Å². The number of nitrogens with two attached hydrogens (primary N) is 1. The molecule has 4 aromatic rings. The smallest absolute Gasteiger partial charge is 1.00 e. The summed E-state index contributed by atoms with van der Waals surface area (Å²) in [6, 6.07) is 19.5. The van der Waals surface area contributed by atoms with Crippen LogP contribution in [0.4, 0.5) is 23.3 Å². The van der Waals surface area contributed by atoms with Gasteiger partial charge in [0, 0.05) is 46.9 Å². The first-order chi connectivity index (χ1) is 26.8. The van der Waals surface area contributed by atoms with Crippen molar-refractivity contribution in [2.24, 2.45) is 39.8 Å². The van der Waals surface area contributed by atoms with Gasteiger partial charge in [-0.3, -0.25) is 10.2 Å². The first kappa shape index (κ1) is 57.6. The molecule has 0 saturated heterocycles. The molecule has 0 spiro atoms. The minimum Gasteiger partial charge on any atom is -1.00 e. The van der Waals surface area contributed by atoms with E-state index in [1.54, 1.807) is 31.6 Å². The zero-order valence-corrected chi connectivity index (χ0v) is 45.4. The molecule has 58 heavy (non-hydrogen) atoms. The first-order valence-electron chi connectivity index (χ1n) is 18.5. The Bertz CT molecular complexity index is 1860. The SMILES string of the molecule is C/C(=N\Nc1ccccn1)C(C)C.CC(=O)C(C)C.CC1=Nc2c(ccc[n+]2C)C1(C)C.CC1=Nc2ncccc2C1(C)C.CI.NNc1ccccn1.[Cl][Zn][Cl].[I-]. The molecule has 0 aromatic carbocycles. The summed E-state index contributed by atoms with van der Waals surface area (Å²) in [6.07, 6.45) is 7.24. The van der Waals surface area contributed by atoms with E-state index in [-0.39, 0.29) is 46.5 Å². The molecule has 6 rings (SSSR count). The summed E-state index contributed by atoms with van der Waals surface area (Å²) in [7, 11) is 11.9. The second-order valence-corrected chi connectivity index (χ2v) is 19.0. The number of rotatable bonds is 5. The Morgan fingerprint density at radius 1 is 0.776 bits per heavy atom. The number of hydrogen-bond donors (Lipinski definition) is 3. The fourth-order valence-corrected chi connectivity index (χ4v) is 4.34. The van der Waals surface area contributed by atoms with Gasteiger partial charge >= 0.3 is 40.3 Å². The van der Waals surface area contributed by atoms with E-state index in [2.05, 4.69) is 142 Å². The number of aryl methyl sites for hydroxylation is 1. The van der Waals surface area contributed by atoms with Crippen LogP contribution in [0.1, 0.15) is 94.2 Å². The molecule has 11 nitrogen and oxygen atoms in total. The van der Waals surface area contributed by atoms with Gasteiger partial charge in [0.15, 0.2) is 5.82 Å². The van der Waals surface area contributed by atoms with Crippen LogP contribution in [0.3, 0.4) is 0 Å². The molecular weight excluding hydrogens is 1050 g/mol. The number of Topliss-reactive ketones (excluding diaryl/α,β-unsaturated/α-hetero) is 1. The van der Waals surface area contributed by atoms with Crippen LogP contribution in [0.2, 0.25) is 0 Å². The van der Waals surface area contributed by atoms with Crippen molar-refractivity contribution >= 4 is 88.2 Å². The van der Waals surface area contributed by atoms with E-state index in [1.807, 2.05) is 75.3 Å². The molecule has 0 aliphatic carbocycles. The number of pyridine rings is 4. The van der Waals surface area contributed by atoms with Crippen LogP contribution in [-0.2, 0) is 37.8 Å². The van der Waals surface area contributed by atoms with Gasteiger partial charge in [-0.05, 0) is 99.8 Å². The number of aliphatic imine (C=N–C) groups is 2. The predicted molar refractivity (Wildman–Crippen MR) is 248 cm³/mol. The molecule has 0 unspecified atom stereocenters. The van der Waals surface area contributed by atoms with E-state index in [0.717, 1.165) is 28.9 Å². The summed E-state index contributed by atoms with van der Waals surface area (Å²) in [6.45, 7) is 24.6. The van der Waals surface area contributed by atoms with Gasteiger partial charge < -0.3 is 29.4 Å². The number of hydrogen-bond acceptors (Lipinski definition) is 10. The standard InChI is InChI=1S/C11H15N2.C10H15N3.C10H12N2.C5H7N3.C5H10O.CH3I.2ClH.HI.Zn/c1-8-11(2,3)9-6-5-7-13(4)10(9)12-8;1-8(2)9(3)12-13-10-6-4-5-7-11-10;1-7-10(2,3)8-5-4-6-11-9(8)12-7;6-8-5-3-1-2-4-7-5;1-4(2)5(3)6;1-2;;;;/h5-7H,1-4H3;4-8H,1-3H3,(H,11,13);4-6H,1-3H3;1-4H,6H2,(H,7,8);4H,1-3H3;1H3;3*1H;/q+1;;;;;;;;;+2/p-3/b;12-9+;;;;;;;;. The van der Waals surface area contributed by atoms with E-state index in [9.17, 15) is 4.79 Å². The second-order valence-electron chi connectivity index (χ2n) is 14.3. The first-order valence-corrected chi connectivity index (χ1v) is 28.5. The number of hydrazine groups is 1. The number of nitrogens with zero attached hydrogens (tertiary/aromatic N) is 7. The molecule has 0 bridgehead atoms. The molecule has 0 fully saturated rings. The number of fused-ring (bicyclic) bond motifs is 2. The van der Waals surface area contributed by atoms with E-state index in [1.165, 1.54) is 16.8 Å². The maximum atomic E-state index is 10.1. The van der Waals surface area contributed by atoms with Crippen LogP contribution < -0.4 is 45.2 Å². The van der Waals surface area contributed by atoms with Crippen molar-refractivity contribution in [3.63, 3.8) is 0 Å². The molecular formula is C42H62Cl2I2N10OZn. The van der Waals surface area contributed by atoms with Gasteiger partial charge in [0.2, 0.25) is 0 Å². The van der Waals surface area contributed by atoms with Crippen molar-refractivity contribution in [1.82, 2.24) is 15.0 Å². The monoisotopic (exact) mass is 1110 g/mol. The molecule has 16 heteroatoms. The molecule has 4 N–H and O–H groups in total. The van der Waals surface area contributed by atoms with Crippen molar-refractivity contribution < 1.29 is 48.5 Å². The maximum Gasteiger partial charge on any atom is -1.00 e. The number of hydrazone groups is 1. The Balaban J connectivity index is 0.